The number of piperidine rings is 1. The number of ether oxygens (including phenoxy) is 2. The molecular formula is C30H33Cl2N5O5S. The number of fused-ring (bicyclic) bond motifs is 2. The average molecular weight is 647 g/mol. The minimum Gasteiger partial charge on any atom is -0.381 e. The molecule has 2 aliphatic heterocycles. The number of aromatic nitrogens is 3. The summed E-state index contributed by atoms with van der Waals surface area (Å²) in [4.78, 5) is 19.3. The second-order valence-corrected chi connectivity index (χ2v) is 14.7. The van der Waals surface area contributed by atoms with Gasteiger partial charge in [-0.15, -0.1) is 0 Å². The number of nitrogens with zero attached hydrogens (tertiary/aromatic N) is 4. The number of pyridine rings is 1. The van der Waals surface area contributed by atoms with Crippen LogP contribution >= 0.6 is 23.2 Å². The van der Waals surface area contributed by atoms with Crippen molar-refractivity contribution >= 4 is 44.8 Å². The third-order valence-corrected chi connectivity index (χ3v) is 11.6. The molecule has 0 spiro atoms. The van der Waals surface area contributed by atoms with E-state index >= 15 is 0 Å². The summed E-state index contributed by atoms with van der Waals surface area (Å²) in [5, 5.41) is 5.13. The predicted molar refractivity (Wildman–Crippen MR) is 162 cm³/mol. The summed E-state index contributed by atoms with van der Waals surface area (Å²) in [6.45, 7) is 2.01. The number of benzene rings is 1. The van der Waals surface area contributed by atoms with Crippen molar-refractivity contribution in [2.45, 2.75) is 68.4 Å². The molecule has 4 heterocycles. The van der Waals surface area contributed by atoms with Crippen LogP contribution < -0.4 is 9.62 Å². The van der Waals surface area contributed by atoms with Gasteiger partial charge in [-0.25, -0.2) is 22.8 Å². The van der Waals surface area contributed by atoms with Gasteiger partial charge in [0.05, 0.1) is 51.8 Å². The van der Waals surface area contributed by atoms with Crippen molar-refractivity contribution in [1.29, 1.82) is 0 Å². The number of nitrogens with one attached hydrogen (secondary N) is 1. The van der Waals surface area contributed by atoms with Crippen molar-refractivity contribution in [2.24, 2.45) is 5.92 Å². The summed E-state index contributed by atoms with van der Waals surface area (Å²) in [6, 6.07) is 9.19. The Bertz CT molecular complexity index is 1600. The fourth-order valence-electron chi connectivity index (χ4n) is 6.70. The molecule has 0 radical (unpaired) electrons. The number of carbonyl (C=O) groups excluding carboxylic acids is 1. The van der Waals surface area contributed by atoms with Gasteiger partial charge in [0.2, 0.25) is 10.0 Å². The van der Waals surface area contributed by atoms with Crippen LogP contribution in [0.25, 0.3) is 5.69 Å². The summed E-state index contributed by atoms with van der Waals surface area (Å²) in [6.07, 6.45) is 8.65. The quantitative estimate of drug-likeness (QED) is 0.350. The molecule has 2 saturated heterocycles. The Labute approximate surface area is 260 Å². The van der Waals surface area contributed by atoms with Crippen LogP contribution in [-0.4, -0.2) is 66.2 Å². The van der Waals surface area contributed by atoms with Crippen LogP contribution in [0.3, 0.4) is 0 Å². The molecule has 1 aromatic carbocycles. The second kappa shape index (κ2) is 11.7. The Morgan fingerprint density at radius 3 is 2.47 bits per heavy atom. The zero-order chi connectivity index (χ0) is 29.7. The van der Waals surface area contributed by atoms with E-state index in [0.29, 0.717) is 66.3 Å². The van der Waals surface area contributed by atoms with E-state index in [1.54, 1.807) is 12.3 Å². The molecular weight excluding hydrogens is 613 g/mol. The maximum absolute atomic E-state index is 12.7. The molecule has 1 amide bonds. The number of halogens is 2. The Morgan fingerprint density at radius 2 is 1.81 bits per heavy atom. The molecule has 2 aromatic heterocycles. The minimum absolute atomic E-state index is 0.0756. The lowest BCUT2D eigenvalue weighted by Crippen LogP contribution is -2.41. The highest BCUT2D eigenvalue weighted by atomic mass is 35.5. The number of hydrogen-bond donors (Lipinski definition) is 1. The van der Waals surface area contributed by atoms with Gasteiger partial charge in [0, 0.05) is 31.7 Å². The summed E-state index contributed by atoms with van der Waals surface area (Å²) in [5.74, 6) is 0.156. The van der Waals surface area contributed by atoms with Gasteiger partial charge in [-0.2, -0.15) is 5.10 Å². The number of carbonyl (C=O) groups is 1. The monoisotopic (exact) mass is 645 g/mol. The van der Waals surface area contributed by atoms with Gasteiger partial charge in [-0.05, 0) is 74.3 Å². The third-order valence-electron chi connectivity index (χ3n) is 9.13. The normalized spacial score (nSPS) is 24.0. The highest BCUT2D eigenvalue weighted by molar-refractivity contribution is 7.90. The van der Waals surface area contributed by atoms with E-state index < -0.39 is 21.2 Å². The third kappa shape index (κ3) is 5.78. The zero-order valence-electron chi connectivity index (χ0n) is 23.5. The van der Waals surface area contributed by atoms with Crippen LogP contribution in [0.1, 0.15) is 66.2 Å². The first-order valence-electron chi connectivity index (χ1n) is 14.8. The van der Waals surface area contributed by atoms with E-state index in [2.05, 4.69) is 19.7 Å². The zero-order valence-corrected chi connectivity index (χ0v) is 25.8. The molecule has 43 heavy (non-hydrogen) atoms. The van der Waals surface area contributed by atoms with E-state index in [1.807, 2.05) is 35.1 Å². The van der Waals surface area contributed by atoms with E-state index in [4.69, 9.17) is 32.7 Å². The van der Waals surface area contributed by atoms with Gasteiger partial charge >= 0.3 is 0 Å². The lowest BCUT2D eigenvalue weighted by molar-refractivity contribution is 0.00992. The first kappa shape index (κ1) is 29.0. The smallest absolute Gasteiger partial charge is 0.283 e. The number of anilines is 1. The van der Waals surface area contributed by atoms with Crippen molar-refractivity contribution in [3.05, 3.63) is 69.7 Å². The Balaban J connectivity index is 0.986. The summed E-state index contributed by atoms with van der Waals surface area (Å²) in [5.41, 5.74) is 3.88. The SMILES string of the molecule is O=C(NS(=O)(=O)C1CCOCC1)c1ccc(N2C[C@@H]3C[C@H]2C[C@@H]3OCc2c(C3CC3)cnn2-c2c(Cl)cccc2Cl)cn1. The molecule has 228 valence electrons. The van der Waals surface area contributed by atoms with Crippen molar-refractivity contribution in [3.8, 4) is 5.69 Å². The fraction of sp³-hybridized carbons (Fsp3) is 0.500. The van der Waals surface area contributed by atoms with Gasteiger partial charge < -0.3 is 14.4 Å². The van der Waals surface area contributed by atoms with Crippen LogP contribution in [-0.2, 0) is 26.1 Å². The Morgan fingerprint density at radius 1 is 1.05 bits per heavy atom. The first-order valence-corrected chi connectivity index (χ1v) is 17.1. The largest absolute Gasteiger partial charge is 0.381 e. The molecule has 4 fully saturated rings. The molecule has 3 aromatic rings. The maximum atomic E-state index is 12.7. The molecule has 4 aliphatic rings. The number of rotatable bonds is 9. The molecule has 1 N–H and O–H groups in total. The standard InChI is InChI=1S/C30H33Cl2N5O5S/c31-24-2-1-3-25(32)29(24)37-27(23(15-34-37)18-4-5-18)17-42-28-13-21-12-19(28)16-36(21)20-6-7-26(33-14-20)30(38)35-43(39,40)22-8-10-41-11-9-22/h1-3,6-7,14-15,18-19,21-22,28H,4-5,8-13,16-17H2,(H,35,38)/t19-,21-,28-/m0/s1. The molecule has 0 unspecified atom stereocenters. The Hall–Kier alpha value is -2.70. The molecule has 7 rings (SSSR count). The topological polar surface area (TPSA) is 116 Å². The number of sulfonamides is 1. The predicted octanol–water partition coefficient (Wildman–Crippen LogP) is 4.87. The van der Waals surface area contributed by atoms with E-state index in [9.17, 15) is 13.2 Å². The van der Waals surface area contributed by atoms with Crippen molar-refractivity contribution in [3.63, 3.8) is 0 Å². The number of para-hydroxylation sites is 1. The first-order chi connectivity index (χ1) is 20.8. The van der Waals surface area contributed by atoms with Crippen LogP contribution in [0.5, 0.6) is 0 Å². The van der Waals surface area contributed by atoms with Gasteiger partial charge in [-0.3, -0.25) is 4.79 Å². The molecule has 2 saturated carbocycles. The molecule has 2 aliphatic carbocycles. The lowest BCUT2D eigenvalue weighted by atomic mass is 10.1. The second-order valence-electron chi connectivity index (χ2n) is 11.9. The van der Waals surface area contributed by atoms with Crippen molar-refractivity contribution in [1.82, 2.24) is 19.5 Å². The summed E-state index contributed by atoms with van der Waals surface area (Å²) >= 11 is 13.1. The number of amides is 1. The summed E-state index contributed by atoms with van der Waals surface area (Å²) in [7, 11) is -3.78. The van der Waals surface area contributed by atoms with E-state index in [0.717, 1.165) is 43.6 Å². The van der Waals surface area contributed by atoms with Crippen molar-refractivity contribution < 1.29 is 22.7 Å². The fourth-order valence-corrected chi connectivity index (χ4v) is 8.60. The average Bonchev–Trinajstić information content (AvgIpc) is 3.45. The molecule has 3 atom stereocenters. The number of hydrogen-bond acceptors (Lipinski definition) is 8. The van der Waals surface area contributed by atoms with E-state index in [-0.39, 0.29) is 11.8 Å². The summed E-state index contributed by atoms with van der Waals surface area (Å²) < 4.78 is 41.1. The van der Waals surface area contributed by atoms with Gasteiger partial charge in [0.1, 0.15) is 11.4 Å². The molecule has 10 nitrogen and oxygen atoms in total. The van der Waals surface area contributed by atoms with Crippen LogP contribution in [0.4, 0.5) is 5.69 Å². The van der Waals surface area contributed by atoms with E-state index in [1.165, 1.54) is 5.56 Å². The molecule has 2 bridgehead atoms. The van der Waals surface area contributed by atoms with Crippen LogP contribution in [0, 0.1) is 5.92 Å². The van der Waals surface area contributed by atoms with Gasteiger partial charge in [0.25, 0.3) is 5.91 Å². The lowest BCUT2D eigenvalue weighted by Gasteiger charge is -2.33. The van der Waals surface area contributed by atoms with Gasteiger partial charge in [0.15, 0.2) is 0 Å². The van der Waals surface area contributed by atoms with Crippen molar-refractivity contribution in [2.75, 3.05) is 24.7 Å². The maximum Gasteiger partial charge on any atom is 0.283 e. The molecule has 13 heteroatoms. The minimum atomic E-state index is -3.78. The Kier molecular flexibility index (Phi) is 7.88. The highest BCUT2D eigenvalue weighted by Crippen LogP contribution is 2.45. The van der Waals surface area contributed by atoms with Crippen LogP contribution in [0.2, 0.25) is 10.0 Å². The van der Waals surface area contributed by atoms with Crippen LogP contribution in [0.15, 0.2) is 42.7 Å². The highest BCUT2D eigenvalue weighted by Gasteiger charge is 2.45. The van der Waals surface area contributed by atoms with Gasteiger partial charge in [-0.1, -0.05) is 29.3 Å².